The number of hydrogen-bond acceptors (Lipinski definition) is 3. The minimum Gasteiger partial charge on any atom is -0.343 e. The number of amides is 2. The van der Waals surface area contributed by atoms with Crippen LogP contribution < -0.4 is 5.32 Å². The maximum Gasteiger partial charge on any atom is 0.225 e. The van der Waals surface area contributed by atoms with Gasteiger partial charge in [0.05, 0.1) is 0 Å². The zero-order valence-corrected chi connectivity index (χ0v) is 16.3. The minimum atomic E-state index is 0.138. The maximum atomic E-state index is 12.8. The van der Waals surface area contributed by atoms with Gasteiger partial charge in [0.15, 0.2) is 0 Å². The van der Waals surface area contributed by atoms with E-state index in [9.17, 15) is 9.59 Å². The summed E-state index contributed by atoms with van der Waals surface area (Å²) in [6, 6.07) is 1.31. The summed E-state index contributed by atoms with van der Waals surface area (Å²) in [5.41, 5.74) is 0. The second kappa shape index (κ2) is 7.87. The van der Waals surface area contributed by atoms with Crippen LogP contribution >= 0.6 is 0 Å². The zero-order valence-electron chi connectivity index (χ0n) is 16.3. The molecule has 4 rings (SSSR count). The van der Waals surface area contributed by atoms with Crippen molar-refractivity contribution in [2.75, 3.05) is 26.2 Å². The van der Waals surface area contributed by atoms with Crippen LogP contribution in [0.1, 0.15) is 64.7 Å². The number of hydrogen-bond donors (Lipinski definition) is 1. The van der Waals surface area contributed by atoms with Gasteiger partial charge in [-0.05, 0) is 63.2 Å². The second-order valence-corrected chi connectivity index (χ2v) is 9.37. The summed E-state index contributed by atoms with van der Waals surface area (Å²) in [6.45, 7) is 5.65. The molecule has 5 nitrogen and oxygen atoms in total. The van der Waals surface area contributed by atoms with Crippen molar-refractivity contribution in [3.63, 3.8) is 0 Å². The molecule has 4 aliphatic rings. The van der Waals surface area contributed by atoms with Crippen LogP contribution in [0, 0.1) is 17.8 Å². The Morgan fingerprint density at radius 2 is 1.62 bits per heavy atom. The molecule has 26 heavy (non-hydrogen) atoms. The number of nitrogens with zero attached hydrogens (tertiary/aromatic N) is 2. The van der Waals surface area contributed by atoms with Gasteiger partial charge >= 0.3 is 0 Å². The average molecular weight is 362 g/mol. The van der Waals surface area contributed by atoms with Crippen LogP contribution in [0.4, 0.5) is 0 Å². The van der Waals surface area contributed by atoms with Gasteiger partial charge in [0.2, 0.25) is 11.8 Å². The Hall–Kier alpha value is -1.10. The predicted octanol–water partition coefficient (Wildman–Crippen LogP) is 2.40. The highest BCUT2D eigenvalue weighted by Gasteiger charge is 2.36. The molecule has 0 aromatic heterocycles. The summed E-state index contributed by atoms with van der Waals surface area (Å²) in [4.78, 5) is 29.6. The summed E-state index contributed by atoms with van der Waals surface area (Å²) in [7, 11) is 0. The lowest BCUT2D eigenvalue weighted by Gasteiger charge is -2.37. The lowest BCUT2D eigenvalue weighted by atomic mass is 9.88. The van der Waals surface area contributed by atoms with Gasteiger partial charge in [-0.25, -0.2) is 0 Å². The largest absolute Gasteiger partial charge is 0.343 e. The van der Waals surface area contributed by atoms with Crippen molar-refractivity contribution >= 4 is 11.8 Å². The fraction of sp³-hybridized carbons (Fsp3) is 0.905. The Labute approximate surface area is 157 Å². The average Bonchev–Trinajstić information content (AvgIpc) is 2.99. The van der Waals surface area contributed by atoms with E-state index in [0.29, 0.717) is 35.7 Å². The highest BCUT2D eigenvalue weighted by Crippen LogP contribution is 2.33. The summed E-state index contributed by atoms with van der Waals surface area (Å²) in [5, 5.41) is 3.66. The molecule has 0 saturated carbocycles. The molecule has 3 atom stereocenters. The lowest BCUT2D eigenvalue weighted by Crippen LogP contribution is -2.47. The Kier molecular flexibility index (Phi) is 5.53. The van der Waals surface area contributed by atoms with E-state index in [1.807, 2.05) is 4.90 Å². The number of nitrogens with one attached hydrogen (secondary N) is 1. The van der Waals surface area contributed by atoms with Crippen molar-refractivity contribution < 1.29 is 9.59 Å². The molecular formula is C21H35N3O2. The van der Waals surface area contributed by atoms with E-state index in [1.165, 1.54) is 32.1 Å². The van der Waals surface area contributed by atoms with Crippen LogP contribution in [0.15, 0.2) is 0 Å². The SMILES string of the molecule is CC1CCCN(C(=O)C2CCN(C(=O)CC3CC4CCC(C3)N4)CC2)C1. The van der Waals surface area contributed by atoms with Crippen LogP contribution in [-0.2, 0) is 9.59 Å². The van der Waals surface area contributed by atoms with E-state index in [-0.39, 0.29) is 5.92 Å². The van der Waals surface area contributed by atoms with Gasteiger partial charge in [0, 0.05) is 50.6 Å². The number of likely N-dealkylation sites (tertiary alicyclic amines) is 2. The Bertz CT molecular complexity index is 517. The molecule has 2 bridgehead atoms. The molecule has 0 aromatic rings. The number of carbonyl (C=O) groups excluding carboxylic acids is 2. The number of rotatable bonds is 3. The molecule has 5 heteroatoms. The molecule has 146 valence electrons. The Morgan fingerprint density at radius 3 is 2.27 bits per heavy atom. The van der Waals surface area contributed by atoms with E-state index in [4.69, 9.17) is 0 Å². The topological polar surface area (TPSA) is 52.7 Å². The minimum absolute atomic E-state index is 0.138. The second-order valence-electron chi connectivity index (χ2n) is 9.37. The van der Waals surface area contributed by atoms with Gasteiger partial charge in [-0.1, -0.05) is 6.92 Å². The molecule has 1 N–H and O–H groups in total. The number of piperidine rings is 3. The van der Waals surface area contributed by atoms with Crippen molar-refractivity contribution in [2.45, 2.75) is 76.8 Å². The third-order valence-corrected chi connectivity index (χ3v) is 7.20. The van der Waals surface area contributed by atoms with Gasteiger partial charge < -0.3 is 15.1 Å². The van der Waals surface area contributed by atoms with E-state index in [1.54, 1.807) is 0 Å². The maximum absolute atomic E-state index is 12.8. The van der Waals surface area contributed by atoms with Gasteiger partial charge in [0.1, 0.15) is 0 Å². The van der Waals surface area contributed by atoms with Crippen molar-refractivity contribution in [3.05, 3.63) is 0 Å². The van der Waals surface area contributed by atoms with Gasteiger partial charge in [-0.3, -0.25) is 9.59 Å². The van der Waals surface area contributed by atoms with Crippen molar-refractivity contribution in [2.24, 2.45) is 17.8 Å². The summed E-state index contributed by atoms with van der Waals surface area (Å²) >= 11 is 0. The molecule has 3 unspecified atom stereocenters. The first-order chi connectivity index (χ1) is 12.6. The molecule has 0 radical (unpaired) electrons. The van der Waals surface area contributed by atoms with Crippen molar-refractivity contribution in [3.8, 4) is 0 Å². The summed E-state index contributed by atoms with van der Waals surface area (Å²) < 4.78 is 0. The molecule has 4 saturated heterocycles. The van der Waals surface area contributed by atoms with Crippen LogP contribution in [0.5, 0.6) is 0 Å². The zero-order chi connectivity index (χ0) is 18.1. The number of fused-ring (bicyclic) bond motifs is 2. The van der Waals surface area contributed by atoms with E-state index in [0.717, 1.165) is 51.9 Å². The van der Waals surface area contributed by atoms with Crippen molar-refractivity contribution in [1.29, 1.82) is 0 Å². The summed E-state index contributed by atoms with van der Waals surface area (Å²) in [6.07, 6.45) is 9.74. The van der Waals surface area contributed by atoms with E-state index in [2.05, 4.69) is 17.1 Å². The van der Waals surface area contributed by atoms with E-state index < -0.39 is 0 Å². The molecular weight excluding hydrogens is 326 g/mol. The van der Waals surface area contributed by atoms with Gasteiger partial charge in [-0.2, -0.15) is 0 Å². The van der Waals surface area contributed by atoms with Gasteiger partial charge in [0.25, 0.3) is 0 Å². The molecule has 4 heterocycles. The van der Waals surface area contributed by atoms with Crippen molar-refractivity contribution in [1.82, 2.24) is 15.1 Å². The van der Waals surface area contributed by atoms with Crippen LogP contribution in [0.2, 0.25) is 0 Å². The standard InChI is InChI=1S/C21H35N3O2/c1-15-3-2-8-24(14-15)21(26)17-6-9-23(10-7-17)20(25)13-16-11-18-4-5-19(12-16)22-18/h15-19,22H,2-14H2,1H3. The Balaban J connectivity index is 1.23. The monoisotopic (exact) mass is 361 g/mol. The molecule has 0 aromatic carbocycles. The molecule has 2 amide bonds. The lowest BCUT2D eigenvalue weighted by molar-refractivity contribution is -0.142. The van der Waals surface area contributed by atoms with Gasteiger partial charge in [-0.15, -0.1) is 0 Å². The molecule has 4 fully saturated rings. The highest BCUT2D eigenvalue weighted by molar-refractivity contribution is 5.80. The third kappa shape index (κ3) is 4.08. The first-order valence-electron chi connectivity index (χ1n) is 10.9. The first-order valence-corrected chi connectivity index (χ1v) is 10.9. The van der Waals surface area contributed by atoms with Crippen LogP contribution in [-0.4, -0.2) is 59.9 Å². The molecule has 4 aliphatic heterocycles. The fourth-order valence-electron chi connectivity index (χ4n) is 5.74. The fourth-order valence-corrected chi connectivity index (χ4v) is 5.74. The first kappa shape index (κ1) is 18.3. The predicted molar refractivity (Wildman–Crippen MR) is 102 cm³/mol. The molecule has 0 spiro atoms. The third-order valence-electron chi connectivity index (χ3n) is 7.20. The van der Waals surface area contributed by atoms with Crippen LogP contribution in [0.25, 0.3) is 0 Å². The Morgan fingerprint density at radius 1 is 0.923 bits per heavy atom. The number of carbonyl (C=O) groups is 2. The smallest absolute Gasteiger partial charge is 0.225 e. The summed E-state index contributed by atoms with van der Waals surface area (Å²) in [5.74, 6) is 2.01. The van der Waals surface area contributed by atoms with E-state index >= 15 is 0 Å². The molecule has 0 aliphatic carbocycles. The normalized spacial score (nSPS) is 35.6. The quantitative estimate of drug-likeness (QED) is 0.840. The van der Waals surface area contributed by atoms with Crippen LogP contribution in [0.3, 0.4) is 0 Å². The highest BCUT2D eigenvalue weighted by atomic mass is 16.2.